The van der Waals surface area contributed by atoms with E-state index in [1.165, 1.54) is 0 Å². The lowest BCUT2D eigenvalue weighted by molar-refractivity contribution is 0.276. The van der Waals surface area contributed by atoms with Crippen LogP contribution in [0.4, 0.5) is 0 Å². The van der Waals surface area contributed by atoms with Crippen LogP contribution in [0.2, 0.25) is 0 Å². The molecule has 5 nitrogen and oxygen atoms in total. The third-order valence-electron chi connectivity index (χ3n) is 2.23. The van der Waals surface area contributed by atoms with Crippen LogP contribution in [-0.4, -0.2) is 22.8 Å². The van der Waals surface area contributed by atoms with Crippen LogP contribution in [0.1, 0.15) is 12.5 Å². The number of oxime groups is 1. The fourth-order valence-corrected chi connectivity index (χ4v) is 1.10. The Morgan fingerprint density at radius 3 is 2.56 bits per heavy atom. The first-order valence-electron chi connectivity index (χ1n) is 4.97. The normalized spacial score (nSPS) is 13.5. The number of benzene rings is 1. The van der Waals surface area contributed by atoms with Gasteiger partial charge in [-0.25, -0.2) is 0 Å². The minimum absolute atomic E-state index is 0.0147. The number of amidine groups is 1. The molecule has 0 saturated heterocycles. The summed E-state index contributed by atoms with van der Waals surface area (Å²) < 4.78 is 5.44. The molecule has 0 spiro atoms. The largest absolute Gasteiger partial charge is 0.493 e. The maximum absolute atomic E-state index is 8.85. The van der Waals surface area contributed by atoms with Gasteiger partial charge in [-0.1, -0.05) is 24.2 Å². The molecule has 1 rings (SSSR count). The van der Waals surface area contributed by atoms with Crippen LogP contribution in [0.5, 0.6) is 5.75 Å². The fraction of sp³-hybridized carbons (Fsp3) is 0.364. The Morgan fingerprint density at radius 2 is 2.06 bits per heavy atom. The average Bonchev–Trinajstić information content (AvgIpc) is 2.35. The van der Waals surface area contributed by atoms with Crippen molar-refractivity contribution in [2.24, 2.45) is 16.8 Å². The molecular formula is C11H16N2O3. The first-order valence-corrected chi connectivity index (χ1v) is 4.97. The summed E-state index contributed by atoms with van der Waals surface area (Å²) in [5, 5.41) is 20.2. The van der Waals surface area contributed by atoms with E-state index >= 15 is 0 Å². The number of rotatable bonds is 5. The Labute approximate surface area is 94.1 Å². The number of nitrogens with two attached hydrogens (primary N) is 1. The van der Waals surface area contributed by atoms with Crippen molar-refractivity contribution in [1.29, 1.82) is 0 Å². The van der Waals surface area contributed by atoms with E-state index in [2.05, 4.69) is 5.16 Å². The van der Waals surface area contributed by atoms with Gasteiger partial charge in [0.05, 0.1) is 19.1 Å². The summed E-state index contributed by atoms with van der Waals surface area (Å²) in [6.07, 6.45) is 0. The zero-order valence-electron chi connectivity index (χ0n) is 9.13. The smallest absolute Gasteiger partial charge is 0.145 e. The molecule has 0 aromatic heterocycles. The Hall–Kier alpha value is -1.75. The third-order valence-corrected chi connectivity index (χ3v) is 2.23. The summed E-state index contributed by atoms with van der Waals surface area (Å²) in [5.74, 6) is 0.685. The second-order valence-electron chi connectivity index (χ2n) is 3.54. The number of hydrogen-bond acceptors (Lipinski definition) is 4. The number of hydrogen-bond donors (Lipinski definition) is 3. The topological polar surface area (TPSA) is 88.1 Å². The Bertz CT molecular complexity index is 349. The molecule has 16 heavy (non-hydrogen) atoms. The lowest BCUT2D eigenvalue weighted by Gasteiger charge is -2.11. The molecule has 0 saturated carbocycles. The number of aliphatic hydroxyl groups excluding tert-OH is 1. The van der Waals surface area contributed by atoms with Gasteiger partial charge in [-0.15, -0.1) is 0 Å². The minimum Gasteiger partial charge on any atom is -0.493 e. The van der Waals surface area contributed by atoms with Crippen molar-refractivity contribution in [2.75, 3.05) is 6.61 Å². The van der Waals surface area contributed by atoms with Crippen molar-refractivity contribution in [3.05, 3.63) is 29.8 Å². The van der Waals surface area contributed by atoms with Gasteiger partial charge in [-0.3, -0.25) is 0 Å². The van der Waals surface area contributed by atoms with Gasteiger partial charge >= 0.3 is 0 Å². The number of aliphatic hydroxyl groups is 1. The molecule has 0 aliphatic carbocycles. The zero-order valence-corrected chi connectivity index (χ0v) is 9.13. The van der Waals surface area contributed by atoms with E-state index < -0.39 is 0 Å². The van der Waals surface area contributed by atoms with Crippen molar-refractivity contribution in [2.45, 2.75) is 13.5 Å². The fourth-order valence-electron chi connectivity index (χ4n) is 1.10. The van der Waals surface area contributed by atoms with Gasteiger partial charge in [0.25, 0.3) is 0 Å². The summed E-state index contributed by atoms with van der Waals surface area (Å²) in [5.41, 5.74) is 6.24. The Kier molecular flexibility index (Phi) is 4.60. The Balaban J connectivity index is 2.48. The summed E-state index contributed by atoms with van der Waals surface area (Å²) in [4.78, 5) is 0. The molecule has 0 heterocycles. The first kappa shape index (κ1) is 12.3. The molecule has 5 heteroatoms. The van der Waals surface area contributed by atoms with Gasteiger partial charge in [0.2, 0.25) is 0 Å². The maximum Gasteiger partial charge on any atom is 0.145 e. The van der Waals surface area contributed by atoms with E-state index in [4.69, 9.17) is 20.8 Å². The molecule has 0 aliphatic rings. The van der Waals surface area contributed by atoms with E-state index in [-0.39, 0.29) is 18.4 Å². The predicted molar refractivity (Wildman–Crippen MR) is 60.4 cm³/mol. The highest BCUT2D eigenvalue weighted by atomic mass is 16.5. The molecule has 0 radical (unpaired) electrons. The van der Waals surface area contributed by atoms with E-state index in [1.54, 1.807) is 31.2 Å². The summed E-state index contributed by atoms with van der Waals surface area (Å²) in [6.45, 7) is 2.16. The van der Waals surface area contributed by atoms with Crippen LogP contribution in [-0.2, 0) is 6.61 Å². The van der Waals surface area contributed by atoms with E-state index in [0.717, 1.165) is 5.56 Å². The summed E-state index contributed by atoms with van der Waals surface area (Å²) in [7, 11) is 0. The highest BCUT2D eigenvalue weighted by Gasteiger charge is 2.08. The quantitative estimate of drug-likeness (QED) is 0.300. The van der Waals surface area contributed by atoms with Crippen LogP contribution in [0, 0.1) is 5.92 Å². The van der Waals surface area contributed by atoms with Gasteiger partial charge in [0, 0.05) is 0 Å². The lowest BCUT2D eigenvalue weighted by atomic mass is 10.2. The summed E-state index contributed by atoms with van der Waals surface area (Å²) in [6, 6.07) is 7.10. The molecule has 4 N–H and O–H groups in total. The average molecular weight is 224 g/mol. The van der Waals surface area contributed by atoms with Crippen molar-refractivity contribution in [3.63, 3.8) is 0 Å². The Morgan fingerprint density at radius 1 is 1.44 bits per heavy atom. The van der Waals surface area contributed by atoms with Crippen LogP contribution >= 0.6 is 0 Å². The van der Waals surface area contributed by atoms with E-state index in [1.807, 2.05) is 0 Å². The molecular weight excluding hydrogens is 208 g/mol. The van der Waals surface area contributed by atoms with Crippen molar-refractivity contribution >= 4 is 5.84 Å². The van der Waals surface area contributed by atoms with Crippen molar-refractivity contribution in [3.8, 4) is 5.75 Å². The highest BCUT2D eigenvalue weighted by molar-refractivity contribution is 5.81. The highest BCUT2D eigenvalue weighted by Crippen LogP contribution is 2.13. The van der Waals surface area contributed by atoms with Crippen LogP contribution in [0.3, 0.4) is 0 Å². The molecule has 0 amide bonds. The third kappa shape index (κ3) is 3.43. The molecule has 1 aromatic rings. The predicted octanol–water partition coefficient (Wildman–Crippen LogP) is 0.940. The van der Waals surface area contributed by atoms with Gasteiger partial charge in [-0.2, -0.15) is 0 Å². The molecule has 1 atom stereocenters. The standard InChI is InChI=1S/C11H16N2O3/c1-8(11(12)13-15)7-16-10-4-2-9(6-14)3-5-10/h2-5,8,14-15H,6-7H2,1H3,(H2,12,13). The molecule has 1 aromatic carbocycles. The molecule has 0 fully saturated rings. The zero-order chi connectivity index (χ0) is 12.0. The van der Waals surface area contributed by atoms with Crippen LogP contribution < -0.4 is 10.5 Å². The summed E-state index contributed by atoms with van der Waals surface area (Å²) >= 11 is 0. The second-order valence-corrected chi connectivity index (χ2v) is 3.54. The van der Waals surface area contributed by atoms with E-state index in [0.29, 0.717) is 12.4 Å². The van der Waals surface area contributed by atoms with E-state index in [9.17, 15) is 0 Å². The van der Waals surface area contributed by atoms with Crippen LogP contribution in [0.25, 0.3) is 0 Å². The van der Waals surface area contributed by atoms with Crippen LogP contribution in [0.15, 0.2) is 29.4 Å². The van der Waals surface area contributed by atoms with Gasteiger partial charge < -0.3 is 20.8 Å². The minimum atomic E-state index is -0.150. The molecule has 88 valence electrons. The van der Waals surface area contributed by atoms with Crippen molar-refractivity contribution < 1.29 is 15.1 Å². The first-order chi connectivity index (χ1) is 7.67. The molecule has 0 bridgehead atoms. The second kappa shape index (κ2) is 5.97. The van der Waals surface area contributed by atoms with Gasteiger partial charge in [0.15, 0.2) is 0 Å². The SMILES string of the molecule is CC(COc1ccc(CO)cc1)/C(N)=N/O. The molecule has 0 aliphatic heterocycles. The lowest BCUT2D eigenvalue weighted by Crippen LogP contribution is -2.26. The number of ether oxygens (including phenoxy) is 1. The van der Waals surface area contributed by atoms with Gasteiger partial charge in [0.1, 0.15) is 11.6 Å². The van der Waals surface area contributed by atoms with Crippen molar-refractivity contribution in [1.82, 2.24) is 0 Å². The monoisotopic (exact) mass is 224 g/mol. The number of nitrogens with zero attached hydrogens (tertiary/aromatic N) is 1. The maximum atomic E-state index is 8.85. The van der Waals surface area contributed by atoms with Gasteiger partial charge in [-0.05, 0) is 17.7 Å². The molecule has 1 unspecified atom stereocenters.